The molecule has 1 aromatic rings. The molecule has 0 saturated heterocycles. The SMILES string of the molecule is CCOC(=O)c1cnn(C(C)C(=O)NC(CC)CC)c1. The molecule has 1 N–H and O–H groups in total. The summed E-state index contributed by atoms with van der Waals surface area (Å²) in [5.74, 6) is -0.524. The van der Waals surface area contributed by atoms with E-state index in [0.29, 0.717) is 12.2 Å². The highest BCUT2D eigenvalue weighted by atomic mass is 16.5. The summed E-state index contributed by atoms with van der Waals surface area (Å²) in [5.41, 5.74) is 0.356. The molecule has 0 spiro atoms. The molecule has 0 aromatic carbocycles. The van der Waals surface area contributed by atoms with Gasteiger partial charge in [0.05, 0.1) is 18.4 Å². The second-order valence-electron chi connectivity index (χ2n) is 4.63. The second-order valence-corrected chi connectivity index (χ2v) is 4.63. The highest BCUT2D eigenvalue weighted by Gasteiger charge is 2.19. The molecule has 0 saturated carbocycles. The van der Waals surface area contributed by atoms with Crippen LogP contribution in [0, 0.1) is 0 Å². The largest absolute Gasteiger partial charge is 0.462 e. The Morgan fingerprint density at radius 3 is 2.55 bits per heavy atom. The van der Waals surface area contributed by atoms with Gasteiger partial charge in [-0.3, -0.25) is 9.48 Å². The quantitative estimate of drug-likeness (QED) is 0.775. The van der Waals surface area contributed by atoms with E-state index in [0.717, 1.165) is 12.8 Å². The Morgan fingerprint density at radius 2 is 2.00 bits per heavy atom. The highest BCUT2D eigenvalue weighted by molar-refractivity contribution is 5.89. The average Bonchev–Trinajstić information content (AvgIpc) is 2.93. The Kier molecular flexibility index (Phi) is 6.21. The number of hydrogen-bond acceptors (Lipinski definition) is 4. The minimum Gasteiger partial charge on any atom is -0.462 e. The molecule has 0 bridgehead atoms. The van der Waals surface area contributed by atoms with E-state index in [9.17, 15) is 9.59 Å². The van der Waals surface area contributed by atoms with Crippen molar-refractivity contribution in [2.75, 3.05) is 6.61 Å². The van der Waals surface area contributed by atoms with Crippen molar-refractivity contribution in [2.24, 2.45) is 0 Å². The summed E-state index contributed by atoms with van der Waals surface area (Å²) in [4.78, 5) is 23.6. The Bertz CT molecular complexity index is 452. The van der Waals surface area contributed by atoms with Crippen molar-refractivity contribution in [1.82, 2.24) is 15.1 Å². The molecule has 0 fully saturated rings. The lowest BCUT2D eigenvalue weighted by molar-refractivity contribution is -0.124. The summed E-state index contributed by atoms with van der Waals surface area (Å²) in [6.45, 7) is 7.88. The van der Waals surface area contributed by atoms with Gasteiger partial charge < -0.3 is 10.1 Å². The zero-order chi connectivity index (χ0) is 15.1. The van der Waals surface area contributed by atoms with E-state index in [1.807, 2.05) is 13.8 Å². The maximum Gasteiger partial charge on any atom is 0.341 e. The van der Waals surface area contributed by atoms with Crippen molar-refractivity contribution in [2.45, 2.75) is 52.6 Å². The molecule has 20 heavy (non-hydrogen) atoms. The molecule has 6 heteroatoms. The first kappa shape index (κ1) is 16.2. The Morgan fingerprint density at radius 1 is 1.35 bits per heavy atom. The van der Waals surface area contributed by atoms with Gasteiger partial charge in [-0.15, -0.1) is 0 Å². The maximum absolute atomic E-state index is 12.1. The molecular weight excluding hydrogens is 258 g/mol. The van der Waals surface area contributed by atoms with Gasteiger partial charge >= 0.3 is 5.97 Å². The highest BCUT2D eigenvalue weighted by Crippen LogP contribution is 2.09. The smallest absolute Gasteiger partial charge is 0.341 e. The van der Waals surface area contributed by atoms with Crippen LogP contribution in [0.5, 0.6) is 0 Å². The number of carbonyl (C=O) groups excluding carboxylic acids is 2. The summed E-state index contributed by atoms with van der Waals surface area (Å²) < 4.78 is 6.36. The average molecular weight is 281 g/mol. The fourth-order valence-corrected chi connectivity index (χ4v) is 1.80. The van der Waals surface area contributed by atoms with Crippen LogP contribution in [-0.2, 0) is 9.53 Å². The lowest BCUT2D eigenvalue weighted by Crippen LogP contribution is -2.38. The van der Waals surface area contributed by atoms with Gasteiger partial charge in [-0.05, 0) is 26.7 Å². The van der Waals surface area contributed by atoms with Crippen LogP contribution >= 0.6 is 0 Å². The summed E-state index contributed by atoms with van der Waals surface area (Å²) >= 11 is 0. The van der Waals surface area contributed by atoms with E-state index >= 15 is 0 Å². The number of aromatic nitrogens is 2. The van der Waals surface area contributed by atoms with Crippen LogP contribution in [0.15, 0.2) is 12.4 Å². The maximum atomic E-state index is 12.1. The van der Waals surface area contributed by atoms with Gasteiger partial charge in [-0.2, -0.15) is 5.10 Å². The third-order valence-electron chi connectivity index (χ3n) is 3.22. The van der Waals surface area contributed by atoms with E-state index < -0.39 is 12.0 Å². The van der Waals surface area contributed by atoms with Crippen LogP contribution in [0.1, 0.15) is 56.9 Å². The van der Waals surface area contributed by atoms with Crippen molar-refractivity contribution >= 4 is 11.9 Å². The third-order valence-corrected chi connectivity index (χ3v) is 3.22. The minimum atomic E-state index is -0.459. The molecule has 1 atom stereocenters. The van der Waals surface area contributed by atoms with E-state index in [1.165, 1.54) is 17.1 Å². The summed E-state index contributed by atoms with van der Waals surface area (Å²) in [6, 6.07) is -0.288. The number of hydrogen-bond donors (Lipinski definition) is 1. The Balaban J connectivity index is 2.70. The van der Waals surface area contributed by atoms with Crippen molar-refractivity contribution in [3.8, 4) is 0 Å². The summed E-state index contributed by atoms with van der Waals surface area (Å²) in [7, 11) is 0. The van der Waals surface area contributed by atoms with Gasteiger partial charge in [0.15, 0.2) is 0 Å². The number of nitrogens with one attached hydrogen (secondary N) is 1. The summed E-state index contributed by atoms with van der Waals surface area (Å²) in [6.07, 6.45) is 4.73. The van der Waals surface area contributed by atoms with Gasteiger partial charge in [0, 0.05) is 12.2 Å². The van der Waals surface area contributed by atoms with E-state index in [-0.39, 0.29) is 11.9 Å². The second kappa shape index (κ2) is 7.67. The molecule has 1 aromatic heterocycles. The molecule has 0 aliphatic rings. The fraction of sp³-hybridized carbons (Fsp3) is 0.643. The van der Waals surface area contributed by atoms with Crippen LogP contribution in [0.2, 0.25) is 0 Å². The van der Waals surface area contributed by atoms with E-state index in [1.54, 1.807) is 13.8 Å². The predicted octanol–water partition coefficient (Wildman–Crippen LogP) is 1.93. The van der Waals surface area contributed by atoms with Crippen molar-refractivity contribution in [3.63, 3.8) is 0 Å². The Labute approximate surface area is 119 Å². The van der Waals surface area contributed by atoms with Gasteiger partial charge in [0.25, 0.3) is 0 Å². The van der Waals surface area contributed by atoms with Crippen molar-refractivity contribution in [1.29, 1.82) is 0 Å². The van der Waals surface area contributed by atoms with Crippen LogP contribution < -0.4 is 5.32 Å². The standard InChI is InChI=1S/C14H23N3O3/c1-5-12(6-2)16-13(18)10(4)17-9-11(8-15-17)14(19)20-7-3/h8-10,12H,5-7H2,1-4H3,(H,16,18). The molecule has 1 unspecified atom stereocenters. The van der Waals surface area contributed by atoms with Gasteiger partial charge in [-0.1, -0.05) is 13.8 Å². The zero-order valence-corrected chi connectivity index (χ0v) is 12.5. The molecule has 6 nitrogen and oxygen atoms in total. The molecule has 1 heterocycles. The fourth-order valence-electron chi connectivity index (χ4n) is 1.80. The molecule has 1 amide bonds. The first-order valence-electron chi connectivity index (χ1n) is 7.05. The number of carbonyl (C=O) groups is 2. The lowest BCUT2D eigenvalue weighted by Gasteiger charge is -2.18. The van der Waals surface area contributed by atoms with Crippen LogP contribution in [0.4, 0.5) is 0 Å². The first-order chi connectivity index (χ1) is 9.53. The molecule has 112 valence electrons. The molecular formula is C14H23N3O3. The van der Waals surface area contributed by atoms with Gasteiger partial charge in [-0.25, -0.2) is 4.79 Å². The number of ether oxygens (including phenoxy) is 1. The molecule has 0 aliphatic heterocycles. The first-order valence-corrected chi connectivity index (χ1v) is 7.05. The van der Waals surface area contributed by atoms with E-state index in [4.69, 9.17) is 4.74 Å². The number of nitrogens with zero attached hydrogens (tertiary/aromatic N) is 2. The number of rotatable bonds is 7. The predicted molar refractivity (Wildman–Crippen MR) is 75.4 cm³/mol. The van der Waals surface area contributed by atoms with Gasteiger partial charge in [0.1, 0.15) is 6.04 Å². The minimum absolute atomic E-state index is 0.0998. The van der Waals surface area contributed by atoms with Crippen molar-refractivity contribution in [3.05, 3.63) is 18.0 Å². The molecule has 1 rings (SSSR count). The molecule has 0 radical (unpaired) electrons. The zero-order valence-electron chi connectivity index (χ0n) is 12.5. The van der Waals surface area contributed by atoms with E-state index in [2.05, 4.69) is 10.4 Å². The summed E-state index contributed by atoms with van der Waals surface area (Å²) in [5, 5.41) is 7.02. The monoisotopic (exact) mass is 281 g/mol. The molecule has 0 aliphatic carbocycles. The number of amides is 1. The number of esters is 1. The third kappa shape index (κ3) is 4.08. The normalized spacial score (nSPS) is 12.2. The van der Waals surface area contributed by atoms with Crippen LogP contribution in [0.3, 0.4) is 0 Å². The Hall–Kier alpha value is -1.85. The topological polar surface area (TPSA) is 73.2 Å². The van der Waals surface area contributed by atoms with Crippen LogP contribution in [-0.4, -0.2) is 34.3 Å². The van der Waals surface area contributed by atoms with Gasteiger partial charge in [0.2, 0.25) is 5.91 Å². The lowest BCUT2D eigenvalue weighted by atomic mass is 10.1. The van der Waals surface area contributed by atoms with Crippen LogP contribution in [0.25, 0.3) is 0 Å². The van der Waals surface area contributed by atoms with Crippen molar-refractivity contribution < 1.29 is 14.3 Å².